The third kappa shape index (κ3) is 5.12. The van der Waals surface area contributed by atoms with Crippen LogP contribution in [0.1, 0.15) is 11.1 Å². The van der Waals surface area contributed by atoms with Crippen LogP contribution >= 0.6 is 0 Å². The monoisotopic (exact) mass is 460 g/mol. The lowest BCUT2D eigenvalue weighted by molar-refractivity contribution is -0.123. The van der Waals surface area contributed by atoms with Crippen molar-refractivity contribution >= 4 is 22.9 Å². The van der Waals surface area contributed by atoms with Crippen molar-refractivity contribution in [3.63, 3.8) is 0 Å². The Balaban J connectivity index is 1.32. The molecule has 0 spiro atoms. The first-order valence-corrected chi connectivity index (χ1v) is 11.3. The second-order valence-electron chi connectivity index (χ2n) is 8.14. The van der Waals surface area contributed by atoms with Crippen LogP contribution in [0.3, 0.4) is 0 Å². The zero-order valence-electron chi connectivity index (χ0n) is 19.3. The Morgan fingerprint density at radius 3 is 2.60 bits per heavy atom. The molecule has 6 nitrogen and oxygen atoms in total. The van der Waals surface area contributed by atoms with Gasteiger partial charge in [0.15, 0.2) is 6.61 Å². The highest BCUT2D eigenvalue weighted by Crippen LogP contribution is 2.25. The maximum absolute atomic E-state index is 12.4. The van der Waals surface area contributed by atoms with Gasteiger partial charge >= 0.3 is 0 Å². The van der Waals surface area contributed by atoms with E-state index in [0.29, 0.717) is 5.75 Å². The van der Waals surface area contributed by atoms with E-state index in [9.17, 15) is 4.79 Å². The van der Waals surface area contributed by atoms with Crippen molar-refractivity contribution in [2.75, 3.05) is 6.61 Å². The topological polar surface area (TPSA) is 68.5 Å². The van der Waals surface area contributed by atoms with E-state index < -0.39 is 0 Å². The van der Waals surface area contributed by atoms with Crippen molar-refractivity contribution in [1.29, 1.82) is 0 Å². The van der Waals surface area contributed by atoms with Gasteiger partial charge in [0, 0.05) is 22.7 Å². The largest absolute Gasteiger partial charge is 0.483 e. The molecule has 0 fully saturated rings. The number of para-hydroxylation sites is 1. The number of hydrogen-bond acceptors (Lipinski definition) is 4. The molecule has 0 saturated heterocycles. The predicted octanol–water partition coefficient (Wildman–Crippen LogP) is 5.53. The first kappa shape index (κ1) is 22.1. The lowest BCUT2D eigenvalue weighted by Gasteiger charge is -2.08. The molecular formula is C29H24N4O2. The number of amides is 1. The minimum atomic E-state index is -0.346. The molecule has 0 aliphatic rings. The van der Waals surface area contributed by atoms with Crippen LogP contribution in [0.4, 0.5) is 0 Å². The molecule has 0 aliphatic heterocycles. The molecule has 0 saturated carbocycles. The molecular weight excluding hydrogens is 436 g/mol. The van der Waals surface area contributed by atoms with E-state index >= 15 is 0 Å². The van der Waals surface area contributed by atoms with Crippen molar-refractivity contribution in [3.05, 3.63) is 114 Å². The second kappa shape index (κ2) is 10.1. The number of nitrogens with one attached hydrogen (secondary N) is 1. The Morgan fingerprint density at radius 2 is 1.74 bits per heavy atom. The molecule has 0 unspecified atom stereocenters. The van der Waals surface area contributed by atoms with Crippen molar-refractivity contribution < 1.29 is 9.53 Å². The van der Waals surface area contributed by atoms with Gasteiger partial charge in [-0.3, -0.25) is 4.79 Å². The second-order valence-corrected chi connectivity index (χ2v) is 8.14. The number of hydrogen-bond donors (Lipinski definition) is 1. The van der Waals surface area contributed by atoms with Gasteiger partial charge in [-0.2, -0.15) is 10.2 Å². The fraction of sp³-hybridized carbons (Fsp3) is 0.0690. The maximum Gasteiger partial charge on any atom is 0.277 e. The molecule has 1 aromatic heterocycles. The summed E-state index contributed by atoms with van der Waals surface area (Å²) in [6, 6.07) is 31.7. The summed E-state index contributed by atoms with van der Waals surface area (Å²) >= 11 is 0. The van der Waals surface area contributed by atoms with Gasteiger partial charge in [0.05, 0.1) is 11.9 Å². The van der Waals surface area contributed by atoms with Gasteiger partial charge < -0.3 is 4.74 Å². The summed E-state index contributed by atoms with van der Waals surface area (Å²) in [7, 11) is 0. The zero-order chi connectivity index (χ0) is 24.0. The van der Waals surface area contributed by atoms with E-state index in [2.05, 4.69) is 16.6 Å². The number of rotatable bonds is 7. The molecule has 1 amide bonds. The fourth-order valence-corrected chi connectivity index (χ4v) is 3.88. The Hall–Kier alpha value is -4.71. The average Bonchev–Trinajstić information content (AvgIpc) is 3.32. The van der Waals surface area contributed by atoms with Crippen LogP contribution < -0.4 is 10.2 Å². The summed E-state index contributed by atoms with van der Waals surface area (Å²) in [5.41, 5.74) is 7.18. The lowest BCUT2D eigenvalue weighted by Crippen LogP contribution is -2.24. The van der Waals surface area contributed by atoms with Crippen LogP contribution in [0.25, 0.3) is 27.7 Å². The first-order chi connectivity index (χ1) is 17.2. The van der Waals surface area contributed by atoms with Gasteiger partial charge in [0.25, 0.3) is 5.91 Å². The minimum absolute atomic E-state index is 0.140. The SMILES string of the molecule is Cc1cccc(-c2nn(-c3ccccc3)cc2/C=N/NC(=O)COc2cccc3ccccc23)c1. The van der Waals surface area contributed by atoms with Gasteiger partial charge in [-0.05, 0) is 36.6 Å². The van der Waals surface area contributed by atoms with Gasteiger partial charge in [-0.15, -0.1) is 0 Å². The van der Waals surface area contributed by atoms with Crippen LogP contribution in [-0.2, 0) is 4.79 Å². The zero-order valence-corrected chi connectivity index (χ0v) is 19.3. The number of ether oxygens (including phenoxy) is 1. The summed E-state index contributed by atoms with van der Waals surface area (Å²) in [6.07, 6.45) is 3.51. The van der Waals surface area contributed by atoms with Crippen molar-refractivity contribution in [3.8, 4) is 22.7 Å². The van der Waals surface area contributed by atoms with E-state index in [4.69, 9.17) is 9.84 Å². The smallest absolute Gasteiger partial charge is 0.277 e. The third-order valence-electron chi connectivity index (χ3n) is 5.56. The summed E-state index contributed by atoms with van der Waals surface area (Å²) in [6.45, 7) is 1.90. The van der Waals surface area contributed by atoms with Crippen molar-refractivity contribution in [2.24, 2.45) is 5.10 Å². The molecule has 0 radical (unpaired) electrons. The number of fused-ring (bicyclic) bond motifs is 1. The molecule has 0 aliphatic carbocycles. The third-order valence-corrected chi connectivity index (χ3v) is 5.56. The molecule has 172 valence electrons. The lowest BCUT2D eigenvalue weighted by atomic mass is 10.1. The molecule has 0 bridgehead atoms. The van der Waals surface area contributed by atoms with Crippen LogP contribution in [0.15, 0.2) is 108 Å². The van der Waals surface area contributed by atoms with E-state index in [1.54, 1.807) is 6.21 Å². The van der Waals surface area contributed by atoms with E-state index in [1.807, 2.05) is 109 Å². The first-order valence-electron chi connectivity index (χ1n) is 11.3. The minimum Gasteiger partial charge on any atom is -0.483 e. The summed E-state index contributed by atoms with van der Waals surface area (Å²) in [4.78, 5) is 12.4. The number of benzene rings is 4. The Bertz CT molecular complexity index is 1500. The van der Waals surface area contributed by atoms with Crippen LogP contribution in [-0.4, -0.2) is 28.5 Å². The molecule has 1 N–H and O–H groups in total. The molecule has 1 heterocycles. The van der Waals surface area contributed by atoms with Crippen molar-refractivity contribution in [1.82, 2.24) is 15.2 Å². The maximum atomic E-state index is 12.4. The summed E-state index contributed by atoms with van der Waals surface area (Å²) < 4.78 is 7.56. The van der Waals surface area contributed by atoms with Gasteiger partial charge in [-0.1, -0.05) is 78.4 Å². The van der Waals surface area contributed by atoms with E-state index in [0.717, 1.165) is 38.8 Å². The molecule has 6 heteroatoms. The Morgan fingerprint density at radius 1 is 0.971 bits per heavy atom. The van der Waals surface area contributed by atoms with Gasteiger partial charge in [0.2, 0.25) is 0 Å². The summed E-state index contributed by atoms with van der Waals surface area (Å²) in [5, 5.41) is 11.0. The van der Waals surface area contributed by atoms with Crippen molar-refractivity contribution in [2.45, 2.75) is 6.92 Å². The van der Waals surface area contributed by atoms with Gasteiger partial charge in [0.1, 0.15) is 11.4 Å². The molecule has 5 rings (SSSR count). The number of aryl methyl sites for hydroxylation is 1. The molecule has 4 aromatic carbocycles. The number of carbonyl (C=O) groups is 1. The number of hydrazone groups is 1. The molecule has 5 aromatic rings. The highest BCUT2D eigenvalue weighted by molar-refractivity contribution is 5.90. The Kier molecular flexibility index (Phi) is 6.35. The van der Waals surface area contributed by atoms with Crippen LogP contribution in [0.2, 0.25) is 0 Å². The van der Waals surface area contributed by atoms with Crippen LogP contribution in [0.5, 0.6) is 5.75 Å². The quantitative estimate of drug-likeness (QED) is 0.256. The molecule has 35 heavy (non-hydrogen) atoms. The fourth-order valence-electron chi connectivity index (χ4n) is 3.88. The number of aromatic nitrogens is 2. The highest BCUT2D eigenvalue weighted by atomic mass is 16.5. The normalized spacial score (nSPS) is 11.1. The number of nitrogens with zero attached hydrogens (tertiary/aromatic N) is 3. The standard InChI is InChI=1S/C29H24N4O2/c1-21-9-7-12-23(17-21)29-24(19-33(32-29)25-13-3-2-4-14-25)18-30-31-28(34)20-35-27-16-8-11-22-10-5-6-15-26(22)27/h2-19H,20H2,1H3,(H,31,34)/b30-18+. The predicted molar refractivity (Wildman–Crippen MR) is 139 cm³/mol. The average molecular weight is 461 g/mol. The summed E-state index contributed by atoms with van der Waals surface area (Å²) in [5.74, 6) is 0.315. The van der Waals surface area contributed by atoms with Crippen LogP contribution in [0, 0.1) is 6.92 Å². The van der Waals surface area contributed by atoms with E-state index in [-0.39, 0.29) is 12.5 Å². The Labute approximate surface area is 203 Å². The van der Waals surface area contributed by atoms with Gasteiger partial charge in [-0.25, -0.2) is 10.1 Å². The highest BCUT2D eigenvalue weighted by Gasteiger charge is 2.12. The van der Waals surface area contributed by atoms with E-state index in [1.165, 1.54) is 0 Å². The number of carbonyl (C=O) groups excluding carboxylic acids is 1. The molecule has 0 atom stereocenters.